The number of hydrogen-bond donors (Lipinski definition) is 0. The fourth-order valence-corrected chi connectivity index (χ4v) is 6.21. The Morgan fingerprint density at radius 1 is 0.696 bits per heavy atom. The zero-order valence-corrected chi connectivity index (χ0v) is 24.9. The SMILES string of the molecule is C=C1C=Cc2ccc(-c3ccccc3)nc2/C1=N/Cc1ccc2oc3cccc(-c4ccc(-c5ccccc5C#N)cc4)c3c2c1. The van der Waals surface area contributed by atoms with Crippen LogP contribution in [-0.4, -0.2) is 10.7 Å². The summed E-state index contributed by atoms with van der Waals surface area (Å²) in [6.07, 6.45) is 4.06. The van der Waals surface area contributed by atoms with Crippen LogP contribution in [0.2, 0.25) is 0 Å². The van der Waals surface area contributed by atoms with E-state index in [1.165, 1.54) is 0 Å². The average Bonchev–Trinajstić information content (AvgIpc) is 3.49. The van der Waals surface area contributed by atoms with E-state index in [0.29, 0.717) is 12.1 Å². The molecule has 216 valence electrons. The normalized spacial score (nSPS) is 13.3. The molecule has 7 aromatic rings. The smallest absolute Gasteiger partial charge is 0.136 e. The van der Waals surface area contributed by atoms with Crippen molar-refractivity contribution in [2.45, 2.75) is 6.54 Å². The van der Waals surface area contributed by atoms with Gasteiger partial charge >= 0.3 is 0 Å². The number of pyridine rings is 1. The number of benzene rings is 5. The second-order valence-electron chi connectivity index (χ2n) is 11.4. The summed E-state index contributed by atoms with van der Waals surface area (Å²) in [6.45, 7) is 4.77. The molecule has 0 amide bonds. The highest BCUT2D eigenvalue weighted by atomic mass is 16.3. The molecular formula is C42H27N3O. The molecule has 5 aromatic carbocycles. The Kier molecular flexibility index (Phi) is 6.70. The standard InChI is InChI=1S/C42H27N3O/c1-27-14-16-32-21-22-37(31-8-3-2-4-9-31)45-42(32)41(27)44-26-28-15-23-38-36(24-28)40-35(12-7-13-39(40)46-38)30-19-17-29(18-20-30)34-11-6-5-10-33(34)25-43/h2-24H,1,26H2/b44-41+. The van der Waals surface area contributed by atoms with E-state index >= 15 is 0 Å². The van der Waals surface area contributed by atoms with Crippen molar-refractivity contribution in [2.75, 3.05) is 0 Å². The van der Waals surface area contributed by atoms with Gasteiger partial charge in [-0.15, -0.1) is 0 Å². The van der Waals surface area contributed by atoms with E-state index in [1.807, 2.05) is 66.7 Å². The molecular weight excluding hydrogens is 562 g/mol. The molecule has 0 fully saturated rings. The lowest BCUT2D eigenvalue weighted by Crippen LogP contribution is -2.12. The monoisotopic (exact) mass is 589 g/mol. The Labute approximate surface area is 266 Å². The van der Waals surface area contributed by atoms with Crippen LogP contribution in [0.4, 0.5) is 0 Å². The van der Waals surface area contributed by atoms with Gasteiger partial charge in [0.25, 0.3) is 0 Å². The van der Waals surface area contributed by atoms with E-state index in [0.717, 1.165) is 83.6 Å². The minimum atomic E-state index is 0.483. The number of nitrogens with zero attached hydrogens (tertiary/aromatic N) is 3. The fourth-order valence-electron chi connectivity index (χ4n) is 6.21. The van der Waals surface area contributed by atoms with Gasteiger partial charge in [0.15, 0.2) is 0 Å². The first kappa shape index (κ1) is 27.3. The Bertz CT molecular complexity index is 2400. The maximum atomic E-state index is 9.57. The second kappa shape index (κ2) is 11.3. The lowest BCUT2D eigenvalue weighted by Gasteiger charge is -2.16. The molecule has 2 heterocycles. The van der Waals surface area contributed by atoms with Crippen molar-refractivity contribution in [3.8, 4) is 39.6 Å². The first-order valence-corrected chi connectivity index (χ1v) is 15.2. The molecule has 0 aliphatic heterocycles. The van der Waals surface area contributed by atoms with Crippen LogP contribution in [-0.2, 0) is 6.54 Å². The topological polar surface area (TPSA) is 62.2 Å². The van der Waals surface area contributed by atoms with Crippen molar-refractivity contribution in [1.29, 1.82) is 5.26 Å². The van der Waals surface area contributed by atoms with Crippen LogP contribution in [0, 0.1) is 11.3 Å². The predicted molar refractivity (Wildman–Crippen MR) is 187 cm³/mol. The molecule has 0 unspecified atom stereocenters. The minimum absolute atomic E-state index is 0.483. The average molecular weight is 590 g/mol. The lowest BCUT2D eigenvalue weighted by molar-refractivity contribution is 0.669. The van der Waals surface area contributed by atoms with Crippen molar-refractivity contribution in [3.05, 3.63) is 168 Å². The molecule has 4 nitrogen and oxygen atoms in total. The number of rotatable bonds is 5. The summed E-state index contributed by atoms with van der Waals surface area (Å²) < 4.78 is 6.30. The van der Waals surface area contributed by atoms with Gasteiger partial charge in [0.05, 0.1) is 35.3 Å². The molecule has 8 rings (SSSR count). The molecule has 0 saturated heterocycles. The van der Waals surface area contributed by atoms with E-state index in [1.54, 1.807) is 0 Å². The zero-order valence-electron chi connectivity index (χ0n) is 24.9. The van der Waals surface area contributed by atoms with Gasteiger partial charge in [-0.2, -0.15) is 5.26 Å². The van der Waals surface area contributed by atoms with Gasteiger partial charge in [-0.3, -0.25) is 4.99 Å². The van der Waals surface area contributed by atoms with Crippen molar-refractivity contribution in [2.24, 2.45) is 4.99 Å². The zero-order chi connectivity index (χ0) is 31.0. The van der Waals surface area contributed by atoms with E-state index in [-0.39, 0.29) is 0 Å². The van der Waals surface area contributed by atoms with Crippen LogP contribution in [0.15, 0.2) is 155 Å². The van der Waals surface area contributed by atoms with Crippen LogP contribution in [0.1, 0.15) is 22.4 Å². The number of aromatic nitrogens is 1. The van der Waals surface area contributed by atoms with Crippen molar-refractivity contribution >= 4 is 33.7 Å². The van der Waals surface area contributed by atoms with Gasteiger partial charge in [0.1, 0.15) is 11.2 Å². The Hall–Kier alpha value is -6.31. The molecule has 4 heteroatoms. The highest BCUT2D eigenvalue weighted by molar-refractivity contribution is 6.17. The molecule has 2 aromatic heterocycles. The van der Waals surface area contributed by atoms with Gasteiger partial charge in [0.2, 0.25) is 0 Å². The van der Waals surface area contributed by atoms with Gasteiger partial charge in [-0.1, -0.05) is 116 Å². The third kappa shape index (κ3) is 4.81. The molecule has 46 heavy (non-hydrogen) atoms. The number of allylic oxidation sites excluding steroid dienone is 2. The molecule has 0 bridgehead atoms. The maximum Gasteiger partial charge on any atom is 0.136 e. The number of fused-ring (bicyclic) bond motifs is 4. The summed E-state index contributed by atoms with van der Waals surface area (Å²) >= 11 is 0. The quantitative estimate of drug-likeness (QED) is 0.201. The highest BCUT2D eigenvalue weighted by Crippen LogP contribution is 2.38. The molecule has 0 spiro atoms. The second-order valence-corrected chi connectivity index (χ2v) is 11.4. The third-order valence-electron chi connectivity index (χ3n) is 8.52. The van der Waals surface area contributed by atoms with Crippen molar-refractivity contribution in [1.82, 2.24) is 4.98 Å². The van der Waals surface area contributed by atoms with E-state index in [4.69, 9.17) is 14.4 Å². The van der Waals surface area contributed by atoms with Gasteiger partial charge < -0.3 is 4.42 Å². The van der Waals surface area contributed by atoms with Gasteiger partial charge in [0, 0.05) is 21.9 Å². The summed E-state index contributed by atoms with van der Waals surface area (Å²) in [5.74, 6) is 0. The molecule has 0 radical (unpaired) electrons. The minimum Gasteiger partial charge on any atom is -0.456 e. The summed E-state index contributed by atoms with van der Waals surface area (Å²) in [5, 5.41) is 11.7. The van der Waals surface area contributed by atoms with Crippen LogP contribution >= 0.6 is 0 Å². The van der Waals surface area contributed by atoms with E-state index in [9.17, 15) is 5.26 Å². The van der Waals surface area contributed by atoms with Crippen molar-refractivity contribution < 1.29 is 4.42 Å². The van der Waals surface area contributed by atoms with Gasteiger partial charge in [-0.05, 0) is 63.7 Å². The first-order chi connectivity index (χ1) is 22.7. The predicted octanol–water partition coefficient (Wildman–Crippen LogP) is 10.4. The largest absolute Gasteiger partial charge is 0.456 e. The number of nitriles is 1. The summed E-state index contributed by atoms with van der Waals surface area (Å²) in [4.78, 5) is 10.1. The van der Waals surface area contributed by atoms with Crippen LogP contribution in [0.3, 0.4) is 0 Å². The lowest BCUT2D eigenvalue weighted by atomic mass is 9.95. The van der Waals surface area contributed by atoms with E-state index < -0.39 is 0 Å². The van der Waals surface area contributed by atoms with Crippen LogP contribution < -0.4 is 0 Å². The summed E-state index contributed by atoms with van der Waals surface area (Å²) in [5.41, 5.74) is 13.1. The first-order valence-electron chi connectivity index (χ1n) is 15.2. The number of furan rings is 1. The summed E-state index contributed by atoms with van der Waals surface area (Å²) in [7, 11) is 0. The van der Waals surface area contributed by atoms with Crippen LogP contribution in [0.5, 0.6) is 0 Å². The van der Waals surface area contributed by atoms with Gasteiger partial charge in [-0.25, -0.2) is 4.98 Å². The summed E-state index contributed by atoms with van der Waals surface area (Å²) in [6, 6.07) is 45.2. The Balaban J connectivity index is 1.16. The van der Waals surface area contributed by atoms with Crippen molar-refractivity contribution in [3.63, 3.8) is 0 Å². The van der Waals surface area contributed by atoms with E-state index in [2.05, 4.69) is 85.5 Å². The molecule has 0 N–H and O–H groups in total. The molecule has 1 aliphatic carbocycles. The van der Waals surface area contributed by atoms with Crippen LogP contribution in [0.25, 0.3) is 61.5 Å². The Morgan fingerprint density at radius 3 is 2.28 bits per heavy atom. The number of aliphatic imine (C=N–C) groups is 1. The fraction of sp³-hybridized carbons (Fsp3) is 0.0238. The molecule has 1 aliphatic rings. The Morgan fingerprint density at radius 2 is 1.46 bits per heavy atom. The third-order valence-corrected chi connectivity index (χ3v) is 8.52. The maximum absolute atomic E-state index is 9.57. The molecule has 0 atom stereocenters. The number of hydrogen-bond acceptors (Lipinski definition) is 4. The molecule has 0 saturated carbocycles. The highest BCUT2D eigenvalue weighted by Gasteiger charge is 2.18.